The summed E-state index contributed by atoms with van der Waals surface area (Å²) in [6, 6.07) is 7.87. The topological polar surface area (TPSA) is 78.0 Å². The van der Waals surface area contributed by atoms with Gasteiger partial charge in [0.2, 0.25) is 5.88 Å². The smallest absolute Gasteiger partial charge is 0.545 e. The molecule has 32 heavy (non-hydrogen) atoms. The van der Waals surface area contributed by atoms with Gasteiger partial charge in [0.25, 0.3) is 0 Å². The summed E-state index contributed by atoms with van der Waals surface area (Å²) in [5, 5.41) is 11.9. The molecule has 8 heteroatoms. The number of hydrogen-bond acceptors (Lipinski definition) is 7. The van der Waals surface area contributed by atoms with E-state index >= 15 is 0 Å². The first-order valence-electron chi connectivity index (χ1n) is 11.0. The predicted molar refractivity (Wildman–Crippen MR) is 118 cm³/mol. The number of anilines is 1. The summed E-state index contributed by atoms with van der Waals surface area (Å²) >= 11 is 0. The summed E-state index contributed by atoms with van der Waals surface area (Å²) in [7, 11) is 2.06. The first-order valence-corrected chi connectivity index (χ1v) is 11.0. The number of hydrogen-bond donors (Lipinski definition) is 0. The van der Waals surface area contributed by atoms with Gasteiger partial charge >= 0.3 is 29.6 Å². The van der Waals surface area contributed by atoms with E-state index < -0.39 is 5.97 Å². The fourth-order valence-corrected chi connectivity index (χ4v) is 4.51. The molecule has 7 nitrogen and oxygen atoms in total. The molecule has 2 aliphatic rings. The third kappa shape index (κ3) is 5.46. The van der Waals surface area contributed by atoms with Crippen LogP contribution < -0.4 is 44.3 Å². The van der Waals surface area contributed by atoms with Crippen LogP contribution in [0.5, 0.6) is 5.88 Å². The Bertz CT molecular complexity index is 926. The van der Waals surface area contributed by atoms with Gasteiger partial charge in [-0.1, -0.05) is 0 Å². The molecule has 1 aromatic carbocycles. The molecule has 0 radical (unpaired) electrons. The number of carbonyl (C=O) groups is 1. The molecule has 0 unspecified atom stereocenters. The van der Waals surface area contributed by atoms with Crippen LogP contribution in [-0.2, 0) is 4.74 Å². The number of carboxylic acids is 1. The van der Waals surface area contributed by atoms with Crippen molar-refractivity contribution in [3.8, 4) is 17.0 Å². The maximum Gasteiger partial charge on any atom is 1.00 e. The van der Waals surface area contributed by atoms with E-state index in [1.807, 2.05) is 19.1 Å². The molecule has 0 atom stereocenters. The van der Waals surface area contributed by atoms with Crippen molar-refractivity contribution in [3.63, 3.8) is 0 Å². The van der Waals surface area contributed by atoms with Crippen LogP contribution in [0.3, 0.4) is 0 Å². The second kappa shape index (κ2) is 11.0. The van der Waals surface area contributed by atoms with Crippen LogP contribution in [0.25, 0.3) is 11.1 Å². The van der Waals surface area contributed by atoms with E-state index in [4.69, 9.17) is 9.47 Å². The summed E-state index contributed by atoms with van der Waals surface area (Å²) in [5.41, 5.74) is 3.55. The van der Waals surface area contributed by atoms with Crippen molar-refractivity contribution < 1.29 is 48.9 Å². The van der Waals surface area contributed by atoms with Crippen LogP contribution in [0.1, 0.15) is 35.7 Å². The molecule has 2 aliphatic heterocycles. The molecular weight excluding hydrogens is 417 g/mol. The number of likely N-dealkylation sites (N-methyl/N-ethyl adjacent to an activating group) is 1. The van der Waals surface area contributed by atoms with Gasteiger partial charge in [-0.25, -0.2) is 4.98 Å². The van der Waals surface area contributed by atoms with E-state index in [2.05, 4.69) is 34.8 Å². The standard InChI is InChI=1S/C24H31N3O4.Na/c1-4-27(19-7-9-30-10-8-19)22-12-18(11-21(16(22)2)24(28)29)17-5-6-23(25-13-17)31-20-14-26(3)15-20;/h5-6,11-13,19-20H,4,7-10,14-15H2,1-3H3,(H,28,29);/q;+1/p-1. The monoisotopic (exact) mass is 447 g/mol. The minimum atomic E-state index is -1.16. The molecule has 0 saturated carbocycles. The Morgan fingerprint density at radius 2 is 1.97 bits per heavy atom. The van der Waals surface area contributed by atoms with Crippen LogP contribution in [-0.4, -0.2) is 67.9 Å². The zero-order chi connectivity index (χ0) is 22.0. The van der Waals surface area contributed by atoms with Crippen molar-refractivity contribution >= 4 is 11.7 Å². The average molecular weight is 448 g/mol. The largest absolute Gasteiger partial charge is 1.00 e. The van der Waals surface area contributed by atoms with Gasteiger partial charge in [-0.05, 0) is 63.1 Å². The number of benzene rings is 1. The van der Waals surface area contributed by atoms with E-state index in [-0.39, 0.29) is 41.2 Å². The van der Waals surface area contributed by atoms with Gasteiger partial charge in [0.05, 0.1) is 5.97 Å². The summed E-state index contributed by atoms with van der Waals surface area (Å²) in [6.07, 6.45) is 3.79. The van der Waals surface area contributed by atoms with Gasteiger partial charge in [0, 0.05) is 68.0 Å². The van der Waals surface area contributed by atoms with E-state index in [9.17, 15) is 9.90 Å². The number of pyridine rings is 1. The Kier molecular flexibility index (Phi) is 8.58. The van der Waals surface area contributed by atoms with Gasteiger partial charge in [0.15, 0.2) is 0 Å². The molecule has 0 aliphatic carbocycles. The van der Waals surface area contributed by atoms with Gasteiger partial charge in [0.1, 0.15) is 6.10 Å². The first-order chi connectivity index (χ1) is 15.0. The molecule has 0 spiro atoms. The van der Waals surface area contributed by atoms with Crippen LogP contribution in [0.15, 0.2) is 30.5 Å². The normalized spacial score (nSPS) is 17.3. The molecule has 2 fully saturated rings. The molecule has 0 amide bonds. The third-order valence-corrected chi connectivity index (χ3v) is 6.27. The second-order valence-corrected chi connectivity index (χ2v) is 8.43. The SMILES string of the molecule is CCN(c1cc(-c2ccc(OC3CN(C)C3)nc2)cc(C(=O)[O-])c1C)C1CCOCC1.[Na+]. The molecule has 2 saturated heterocycles. The molecule has 1 aromatic heterocycles. The predicted octanol–water partition coefficient (Wildman–Crippen LogP) is -0.877. The van der Waals surface area contributed by atoms with Crippen LogP contribution in [0.2, 0.25) is 0 Å². The van der Waals surface area contributed by atoms with Crippen molar-refractivity contribution in [2.75, 3.05) is 44.8 Å². The van der Waals surface area contributed by atoms with Crippen LogP contribution in [0.4, 0.5) is 5.69 Å². The minimum Gasteiger partial charge on any atom is -0.545 e. The Morgan fingerprint density at radius 3 is 2.53 bits per heavy atom. The third-order valence-electron chi connectivity index (χ3n) is 6.27. The summed E-state index contributed by atoms with van der Waals surface area (Å²) in [5.74, 6) is -0.572. The molecule has 2 aromatic rings. The number of aromatic nitrogens is 1. The van der Waals surface area contributed by atoms with Gasteiger partial charge in [-0.15, -0.1) is 0 Å². The maximum absolute atomic E-state index is 11.9. The first kappa shape index (κ1) is 25.0. The number of nitrogens with zero attached hydrogens (tertiary/aromatic N) is 3. The van der Waals surface area contributed by atoms with Crippen molar-refractivity contribution in [1.29, 1.82) is 0 Å². The molecule has 0 bridgehead atoms. The number of ether oxygens (including phenoxy) is 2. The number of likely N-dealkylation sites (tertiary alicyclic amines) is 1. The molecule has 166 valence electrons. The molecular formula is C24H30N3NaO4. The van der Waals surface area contributed by atoms with Gasteiger partial charge < -0.3 is 24.3 Å². The Balaban J connectivity index is 0.00000289. The molecule has 3 heterocycles. The van der Waals surface area contributed by atoms with E-state index in [0.29, 0.717) is 11.9 Å². The van der Waals surface area contributed by atoms with Crippen molar-refractivity contribution in [2.24, 2.45) is 0 Å². The number of rotatable bonds is 7. The average Bonchev–Trinajstić information content (AvgIpc) is 2.75. The number of aromatic carboxylic acids is 1. The van der Waals surface area contributed by atoms with Gasteiger partial charge in [-0.2, -0.15) is 0 Å². The second-order valence-electron chi connectivity index (χ2n) is 8.43. The van der Waals surface area contributed by atoms with Crippen molar-refractivity contribution in [2.45, 2.75) is 38.8 Å². The Hall–Kier alpha value is -1.64. The summed E-state index contributed by atoms with van der Waals surface area (Å²) < 4.78 is 11.4. The maximum atomic E-state index is 11.9. The molecule has 4 rings (SSSR count). The fraction of sp³-hybridized carbons (Fsp3) is 0.500. The van der Waals surface area contributed by atoms with E-state index in [1.54, 1.807) is 12.3 Å². The minimum absolute atomic E-state index is 0. The number of carboxylic acid groups (broad SMARTS) is 1. The Morgan fingerprint density at radius 1 is 1.25 bits per heavy atom. The van der Waals surface area contributed by atoms with Crippen molar-refractivity contribution in [3.05, 3.63) is 41.6 Å². The Labute approximate surface area is 212 Å². The number of carbonyl (C=O) groups excluding carboxylic acids is 1. The van der Waals surface area contributed by atoms with E-state index in [0.717, 1.165) is 68.1 Å². The summed E-state index contributed by atoms with van der Waals surface area (Å²) in [6.45, 7) is 8.02. The van der Waals surface area contributed by atoms with Crippen LogP contribution in [0, 0.1) is 6.92 Å². The van der Waals surface area contributed by atoms with Crippen molar-refractivity contribution in [1.82, 2.24) is 9.88 Å². The van der Waals surface area contributed by atoms with Crippen LogP contribution >= 0.6 is 0 Å². The zero-order valence-corrected chi connectivity index (χ0v) is 21.5. The van der Waals surface area contributed by atoms with Gasteiger partial charge in [-0.3, -0.25) is 4.90 Å². The molecule has 0 N–H and O–H groups in total. The summed E-state index contributed by atoms with van der Waals surface area (Å²) in [4.78, 5) is 20.8. The fourth-order valence-electron chi connectivity index (χ4n) is 4.51. The van der Waals surface area contributed by atoms with E-state index in [1.165, 1.54) is 0 Å². The quantitative estimate of drug-likeness (QED) is 0.511. The zero-order valence-electron chi connectivity index (χ0n) is 19.5.